The van der Waals surface area contributed by atoms with Gasteiger partial charge >= 0.3 is 0 Å². The second-order valence-corrected chi connectivity index (χ2v) is 6.86. The van der Waals surface area contributed by atoms with Gasteiger partial charge in [0.05, 0.1) is 0 Å². The van der Waals surface area contributed by atoms with Gasteiger partial charge in [-0.25, -0.2) is 0 Å². The number of piperidine rings is 1. The van der Waals surface area contributed by atoms with Gasteiger partial charge in [0, 0.05) is 28.1 Å². The molecule has 2 fully saturated rings. The van der Waals surface area contributed by atoms with Crippen LogP contribution in [0.3, 0.4) is 0 Å². The molecular formula is C15H17NS. The van der Waals surface area contributed by atoms with Crippen molar-refractivity contribution < 1.29 is 0 Å². The molecule has 88 valence electrons. The third-order valence-electron chi connectivity index (χ3n) is 4.89. The Morgan fingerprint density at radius 3 is 2.94 bits per heavy atom. The van der Waals surface area contributed by atoms with Gasteiger partial charge in [0.15, 0.2) is 0 Å². The minimum Gasteiger partial charge on any atom is -0.305 e. The standard InChI is InChI=1S/C15H17NS/c1-10-12-8-16(2)9-15(10,12)14-7-11-5-3-4-6-13(11)17-14/h3-7,10,12H,8-9H2,1-2H3/t10?,12-,15-/m0/s1. The summed E-state index contributed by atoms with van der Waals surface area (Å²) in [6, 6.07) is 11.2. The molecule has 2 aromatic rings. The lowest BCUT2D eigenvalue weighted by atomic mass is 10.0. The average molecular weight is 243 g/mol. The molecule has 1 nitrogen and oxygen atoms in total. The highest BCUT2D eigenvalue weighted by molar-refractivity contribution is 7.19. The number of likely N-dealkylation sites (N-methyl/N-ethyl adjacent to an activating group) is 1. The molecular weight excluding hydrogens is 226 g/mol. The molecule has 1 saturated heterocycles. The topological polar surface area (TPSA) is 3.24 Å². The summed E-state index contributed by atoms with van der Waals surface area (Å²) in [5, 5.41) is 1.43. The van der Waals surface area contributed by atoms with E-state index < -0.39 is 0 Å². The summed E-state index contributed by atoms with van der Waals surface area (Å²) in [4.78, 5) is 4.12. The van der Waals surface area contributed by atoms with Crippen LogP contribution in [0.5, 0.6) is 0 Å². The van der Waals surface area contributed by atoms with Gasteiger partial charge in [-0.2, -0.15) is 0 Å². The van der Waals surface area contributed by atoms with Crippen LogP contribution in [0.4, 0.5) is 0 Å². The third kappa shape index (κ3) is 1.18. The first-order valence-electron chi connectivity index (χ1n) is 6.39. The number of thiophene rings is 1. The molecule has 1 aliphatic carbocycles. The van der Waals surface area contributed by atoms with Gasteiger partial charge in [-0.05, 0) is 36.4 Å². The highest BCUT2D eigenvalue weighted by atomic mass is 32.1. The molecule has 1 saturated carbocycles. The molecule has 0 N–H and O–H groups in total. The fourth-order valence-corrected chi connectivity index (χ4v) is 5.26. The van der Waals surface area contributed by atoms with E-state index in [9.17, 15) is 0 Å². The van der Waals surface area contributed by atoms with Gasteiger partial charge in [0.25, 0.3) is 0 Å². The first-order chi connectivity index (χ1) is 8.22. The fourth-order valence-electron chi connectivity index (χ4n) is 3.85. The van der Waals surface area contributed by atoms with Crippen LogP contribution in [0.25, 0.3) is 10.1 Å². The van der Waals surface area contributed by atoms with E-state index in [1.54, 1.807) is 4.88 Å². The molecule has 0 bridgehead atoms. The van der Waals surface area contributed by atoms with Crippen molar-refractivity contribution in [3.8, 4) is 0 Å². The highest BCUT2D eigenvalue weighted by Crippen LogP contribution is 2.65. The number of nitrogens with zero attached hydrogens (tertiary/aromatic N) is 1. The molecule has 1 aromatic heterocycles. The Bertz CT molecular complexity index is 554. The molecule has 0 amide bonds. The third-order valence-corrected chi connectivity index (χ3v) is 6.20. The van der Waals surface area contributed by atoms with E-state index in [0.717, 1.165) is 11.8 Å². The Hall–Kier alpha value is -0.860. The average Bonchev–Trinajstić information content (AvgIpc) is 2.75. The lowest BCUT2D eigenvalue weighted by Crippen LogP contribution is -2.24. The van der Waals surface area contributed by atoms with Crippen molar-refractivity contribution in [2.45, 2.75) is 12.3 Å². The number of fused-ring (bicyclic) bond motifs is 2. The summed E-state index contributed by atoms with van der Waals surface area (Å²) in [6.07, 6.45) is 0. The molecule has 0 radical (unpaired) electrons. The molecule has 1 aromatic carbocycles. The van der Waals surface area contributed by atoms with Crippen LogP contribution in [0, 0.1) is 11.8 Å². The van der Waals surface area contributed by atoms with Gasteiger partial charge < -0.3 is 4.90 Å². The number of rotatable bonds is 1. The lowest BCUT2D eigenvalue weighted by molar-refractivity contribution is 0.340. The summed E-state index contributed by atoms with van der Waals surface area (Å²) in [7, 11) is 2.26. The summed E-state index contributed by atoms with van der Waals surface area (Å²) in [5.74, 6) is 1.78. The number of hydrogen-bond donors (Lipinski definition) is 0. The monoisotopic (exact) mass is 243 g/mol. The molecule has 0 spiro atoms. The summed E-state index contributed by atoms with van der Waals surface area (Å²) < 4.78 is 1.45. The van der Waals surface area contributed by atoms with Crippen molar-refractivity contribution in [3.63, 3.8) is 0 Å². The van der Waals surface area contributed by atoms with Crippen molar-refractivity contribution in [2.24, 2.45) is 11.8 Å². The predicted molar refractivity (Wildman–Crippen MR) is 73.7 cm³/mol. The predicted octanol–water partition coefficient (Wildman–Crippen LogP) is 3.35. The zero-order valence-electron chi connectivity index (χ0n) is 10.3. The van der Waals surface area contributed by atoms with E-state index in [2.05, 4.69) is 49.2 Å². The molecule has 3 atom stereocenters. The number of benzene rings is 1. The van der Waals surface area contributed by atoms with Gasteiger partial charge in [-0.1, -0.05) is 25.1 Å². The first kappa shape index (κ1) is 10.1. The van der Waals surface area contributed by atoms with Crippen LogP contribution in [-0.4, -0.2) is 25.0 Å². The van der Waals surface area contributed by atoms with Gasteiger partial charge in [0.2, 0.25) is 0 Å². The Kier molecular flexibility index (Phi) is 1.85. The molecule has 1 aliphatic heterocycles. The zero-order valence-corrected chi connectivity index (χ0v) is 11.1. The second-order valence-electron chi connectivity index (χ2n) is 5.78. The first-order valence-corrected chi connectivity index (χ1v) is 7.21. The maximum absolute atomic E-state index is 2.50. The van der Waals surface area contributed by atoms with Crippen molar-refractivity contribution in [1.82, 2.24) is 4.90 Å². The molecule has 2 heterocycles. The SMILES string of the molecule is CC1[C@@H]2CN(C)C[C@]12c1cc2ccccc2s1. The summed E-state index contributed by atoms with van der Waals surface area (Å²) >= 11 is 2.01. The van der Waals surface area contributed by atoms with Crippen LogP contribution >= 0.6 is 11.3 Å². The van der Waals surface area contributed by atoms with E-state index in [4.69, 9.17) is 0 Å². The van der Waals surface area contributed by atoms with Crippen molar-refractivity contribution >= 4 is 21.4 Å². The van der Waals surface area contributed by atoms with E-state index in [0.29, 0.717) is 5.41 Å². The molecule has 4 rings (SSSR count). The van der Waals surface area contributed by atoms with E-state index in [-0.39, 0.29) is 0 Å². The number of likely N-dealkylation sites (tertiary alicyclic amines) is 1. The van der Waals surface area contributed by atoms with Crippen molar-refractivity contribution in [1.29, 1.82) is 0 Å². The minimum absolute atomic E-state index is 0.498. The smallest absolute Gasteiger partial charge is 0.0345 e. The van der Waals surface area contributed by atoms with Crippen LogP contribution in [-0.2, 0) is 5.41 Å². The summed E-state index contributed by atoms with van der Waals surface area (Å²) in [5.41, 5.74) is 0.498. The van der Waals surface area contributed by atoms with Crippen LogP contribution in [0.2, 0.25) is 0 Å². The van der Waals surface area contributed by atoms with Crippen molar-refractivity contribution in [3.05, 3.63) is 35.2 Å². The van der Waals surface area contributed by atoms with E-state index in [1.165, 1.54) is 23.2 Å². The molecule has 2 heteroatoms. The Labute approximate surface area is 106 Å². The zero-order chi connectivity index (χ0) is 11.6. The quantitative estimate of drug-likeness (QED) is 0.742. The lowest BCUT2D eigenvalue weighted by Gasteiger charge is -2.17. The normalized spacial score (nSPS) is 36.4. The van der Waals surface area contributed by atoms with Crippen molar-refractivity contribution in [2.75, 3.05) is 20.1 Å². The molecule has 17 heavy (non-hydrogen) atoms. The summed E-state index contributed by atoms with van der Waals surface area (Å²) in [6.45, 7) is 4.98. The highest BCUT2D eigenvalue weighted by Gasteiger charge is 2.67. The Morgan fingerprint density at radius 1 is 1.35 bits per heavy atom. The maximum atomic E-state index is 2.50. The van der Waals surface area contributed by atoms with Crippen LogP contribution < -0.4 is 0 Å². The van der Waals surface area contributed by atoms with Gasteiger partial charge in [-0.3, -0.25) is 0 Å². The van der Waals surface area contributed by atoms with Gasteiger partial charge in [-0.15, -0.1) is 11.3 Å². The molecule has 1 unspecified atom stereocenters. The molecule has 2 aliphatic rings. The Morgan fingerprint density at radius 2 is 2.18 bits per heavy atom. The Balaban J connectivity index is 1.84. The maximum Gasteiger partial charge on any atom is 0.0345 e. The van der Waals surface area contributed by atoms with Crippen LogP contribution in [0.15, 0.2) is 30.3 Å². The second kappa shape index (κ2) is 3.12. The van der Waals surface area contributed by atoms with E-state index >= 15 is 0 Å². The van der Waals surface area contributed by atoms with E-state index in [1.807, 2.05) is 11.3 Å². The van der Waals surface area contributed by atoms with Crippen LogP contribution in [0.1, 0.15) is 11.8 Å². The largest absolute Gasteiger partial charge is 0.305 e. The number of hydrogen-bond acceptors (Lipinski definition) is 2. The minimum atomic E-state index is 0.498. The fraction of sp³-hybridized carbons (Fsp3) is 0.467. The van der Waals surface area contributed by atoms with Gasteiger partial charge in [0.1, 0.15) is 0 Å².